The fourth-order valence-corrected chi connectivity index (χ4v) is 1.95. The lowest BCUT2D eigenvalue weighted by Crippen LogP contribution is -2.22. The van der Waals surface area contributed by atoms with Gasteiger partial charge in [-0.2, -0.15) is 0 Å². The number of anilines is 1. The number of halogens is 2. The highest BCUT2D eigenvalue weighted by Gasteiger charge is 2.13. The number of rotatable bonds is 3. The summed E-state index contributed by atoms with van der Waals surface area (Å²) in [7, 11) is 1.97. The minimum atomic E-state index is 0.174. The van der Waals surface area contributed by atoms with E-state index in [1.165, 1.54) is 6.33 Å². The molecule has 0 aliphatic heterocycles. The van der Waals surface area contributed by atoms with E-state index < -0.39 is 0 Å². The Kier molecular flexibility index (Phi) is 4.04. The minimum absolute atomic E-state index is 0.174. The van der Waals surface area contributed by atoms with Crippen LogP contribution in [-0.4, -0.2) is 17.0 Å². The Morgan fingerprint density at radius 3 is 2.39 bits per heavy atom. The van der Waals surface area contributed by atoms with E-state index in [4.69, 9.17) is 23.2 Å². The van der Waals surface area contributed by atoms with Crippen molar-refractivity contribution in [3.05, 3.63) is 52.4 Å². The lowest BCUT2D eigenvalue weighted by molar-refractivity contribution is 0.727. The molecule has 18 heavy (non-hydrogen) atoms. The SMILES string of the molecule is CC(c1ccc(Cl)cc1)N(C)c1cc(Cl)ncn1. The third-order valence-electron chi connectivity index (χ3n) is 2.91. The zero-order chi connectivity index (χ0) is 13.1. The fourth-order valence-electron chi connectivity index (χ4n) is 1.68. The summed E-state index contributed by atoms with van der Waals surface area (Å²) < 4.78 is 0. The topological polar surface area (TPSA) is 29.0 Å². The van der Waals surface area contributed by atoms with Crippen molar-refractivity contribution in [1.29, 1.82) is 0 Å². The van der Waals surface area contributed by atoms with Crippen molar-refractivity contribution in [3.8, 4) is 0 Å². The number of hydrogen-bond donors (Lipinski definition) is 0. The highest BCUT2D eigenvalue weighted by molar-refractivity contribution is 6.30. The van der Waals surface area contributed by atoms with E-state index in [0.29, 0.717) is 5.15 Å². The van der Waals surface area contributed by atoms with Crippen molar-refractivity contribution in [2.75, 3.05) is 11.9 Å². The van der Waals surface area contributed by atoms with Crippen LogP contribution in [0.2, 0.25) is 10.2 Å². The quantitative estimate of drug-likeness (QED) is 0.797. The van der Waals surface area contributed by atoms with Crippen molar-refractivity contribution in [1.82, 2.24) is 9.97 Å². The van der Waals surface area contributed by atoms with Gasteiger partial charge in [-0.05, 0) is 24.6 Å². The van der Waals surface area contributed by atoms with Gasteiger partial charge in [0.25, 0.3) is 0 Å². The standard InChI is InChI=1S/C13H13Cl2N3/c1-9(10-3-5-11(14)6-4-10)18(2)13-7-12(15)16-8-17-13/h3-9H,1-2H3. The van der Waals surface area contributed by atoms with Crippen LogP contribution >= 0.6 is 23.2 Å². The summed E-state index contributed by atoms with van der Waals surface area (Å²) in [6, 6.07) is 9.70. The molecule has 1 heterocycles. The molecular weight excluding hydrogens is 269 g/mol. The average Bonchev–Trinajstić information content (AvgIpc) is 2.38. The van der Waals surface area contributed by atoms with Crippen LogP contribution < -0.4 is 4.90 Å². The molecule has 1 unspecified atom stereocenters. The Morgan fingerprint density at radius 1 is 1.11 bits per heavy atom. The molecule has 0 N–H and O–H groups in total. The molecule has 0 aliphatic carbocycles. The normalized spacial score (nSPS) is 12.2. The summed E-state index contributed by atoms with van der Waals surface area (Å²) in [6.45, 7) is 2.10. The third-order valence-corrected chi connectivity index (χ3v) is 3.37. The molecule has 0 fully saturated rings. The predicted molar refractivity (Wildman–Crippen MR) is 75.3 cm³/mol. The second-order valence-electron chi connectivity index (χ2n) is 4.04. The first-order valence-corrected chi connectivity index (χ1v) is 6.29. The fraction of sp³-hybridized carbons (Fsp3) is 0.231. The Bertz CT molecular complexity index is 528. The second kappa shape index (κ2) is 5.55. The largest absolute Gasteiger partial charge is 0.353 e. The first kappa shape index (κ1) is 13.1. The lowest BCUT2D eigenvalue weighted by Gasteiger charge is -2.26. The smallest absolute Gasteiger partial charge is 0.134 e. The number of aromatic nitrogens is 2. The van der Waals surface area contributed by atoms with Gasteiger partial charge in [0.15, 0.2) is 0 Å². The zero-order valence-electron chi connectivity index (χ0n) is 10.1. The summed E-state index contributed by atoms with van der Waals surface area (Å²) >= 11 is 11.7. The molecule has 2 rings (SSSR count). The van der Waals surface area contributed by atoms with Crippen LogP contribution in [0.1, 0.15) is 18.5 Å². The van der Waals surface area contributed by atoms with E-state index in [1.807, 2.05) is 36.2 Å². The first-order valence-electron chi connectivity index (χ1n) is 5.54. The molecular formula is C13H13Cl2N3. The van der Waals surface area contributed by atoms with Crippen molar-refractivity contribution >= 4 is 29.0 Å². The summed E-state index contributed by atoms with van der Waals surface area (Å²) in [6.07, 6.45) is 1.46. The van der Waals surface area contributed by atoms with Crippen LogP contribution in [0.4, 0.5) is 5.82 Å². The van der Waals surface area contributed by atoms with Crippen LogP contribution in [0.5, 0.6) is 0 Å². The molecule has 0 saturated heterocycles. The molecule has 0 amide bonds. The van der Waals surface area contributed by atoms with Crippen LogP contribution in [0, 0.1) is 0 Å². The maximum Gasteiger partial charge on any atom is 0.134 e. The van der Waals surface area contributed by atoms with Crippen LogP contribution in [0.3, 0.4) is 0 Å². The minimum Gasteiger partial charge on any atom is -0.353 e. The van der Waals surface area contributed by atoms with E-state index in [9.17, 15) is 0 Å². The Hall–Kier alpha value is -1.32. The number of nitrogens with zero attached hydrogens (tertiary/aromatic N) is 3. The van der Waals surface area contributed by atoms with Gasteiger partial charge >= 0.3 is 0 Å². The Labute approximate surface area is 116 Å². The predicted octanol–water partition coefficient (Wildman–Crippen LogP) is 3.98. The molecule has 0 bridgehead atoms. The van der Waals surface area contributed by atoms with Crippen LogP contribution in [0.15, 0.2) is 36.7 Å². The summed E-state index contributed by atoms with van der Waals surface area (Å²) in [5.41, 5.74) is 1.16. The van der Waals surface area contributed by atoms with Crippen molar-refractivity contribution in [2.24, 2.45) is 0 Å². The molecule has 0 saturated carbocycles. The molecule has 0 aliphatic rings. The van der Waals surface area contributed by atoms with E-state index in [0.717, 1.165) is 16.4 Å². The van der Waals surface area contributed by atoms with Gasteiger partial charge in [-0.3, -0.25) is 0 Å². The first-order chi connectivity index (χ1) is 8.58. The van der Waals surface area contributed by atoms with Gasteiger partial charge in [0.1, 0.15) is 17.3 Å². The van der Waals surface area contributed by atoms with E-state index in [-0.39, 0.29) is 6.04 Å². The molecule has 94 valence electrons. The van der Waals surface area contributed by atoms with Gasteiger partial charge < -0.3 is 4.90 Å². The zero-order valence-corrected chi connectivity index (χ0v) is 11.7. The molecule has 1 aromatic heterocycles. The van der Waals surface area contributed by atoms with Crippen LogP contribution in [0.25, 0.3) is 0 Å². The highest BCUT2D eigenvalue weighted by Crippen LogP contribution is 2.25. The Morgan fingerprint density at radius 2 is 1.78 bits per heavy atom. The van der Waals surface area contributed by atoms with Crippen molar-refractivity contribution < 1.29 is 0 Å². The molecule has 0 radical (unpaired) electrons. The highest BCUT2D eigenvalue weighted by atomic mass is 35.5. The van der Waals surface area contributed by atoms with E-state index in [1.54, 1.807) is 6.07 Å². The second-order valence-corrected chi connectivity index (χ2v) is 4.86. The lowest BCUT2D eigenvalue weighted by atomic mass is 10.1. The van der Waals surface area contributed by atoms with E-state index >= 15 is 0 Å². The molecule has 5 heteroatoms. The van der Waals surface area contributed by atoms with Gasteiger partial charge in [0.05, 0.1) is 6.04 Å². The van der Waals surface area contributed by atoms with Gasteiger partial charge in [0.2, 0.25) is 0 Å². The van der Waals surface area contributed by atoms with Crippen LogP contribution in [-0.2, 0) is 0 Å². The molecule has 1 atom stereocenters. The Balaban J connectivity index is 2.23. The molecule has 3 nitrogen and oxygen atoms in total. The number of hydrogen-bond acceptors (Lipinski definition) is 3. The summed E-state index contributed by atoms with van der Waals surface area (Å²) in [5, 5.41) is 1.17. The average molecular weight is 282 g/mol. The third kappa shape index (κ3) is 2.92. The van der Waals surface area contributed by atoms with Gasteiger partial charge in [-0.15, -0.1) is 0 Å². The number of benzene rings is 1. The van der Waals surface area contributed by atoms with Crippen molar-refractivity contribution in [3.63, 3.8) is 0 Å². The monoisotopic (exact) mass is 281 g/mol. The maximum atomic E-state index is 5.88. The van der Waals surface area contributed by atoms with Crippen molar-refractivity contribution in [2.45, 2.75) is 13.0 Å². The molecule has 2 aromatic rings. The van der Waals surface area contributed by atoms with Gasteiger partial charge in [-0.25, -0.2) is 9.97 Å². The van der Waals surface area contributed by atoms with Gasteiger partial charge in [0, 0.05) is 18.1 Å². The summed E-state index contributed by atoms with van der Waals surface area (Å²) in [4.78, 5) is 10.1. The van der Waals surface area contributed by atoms with Gasteiger partial charge in [-0.1, -0.05) is 35.3 Å². The van der Waals surface area contributed by atoms with E-state index in [2.05, 4.69) is 16.9 Å². The molecule has 1 aromatic carbocycles. The maximum absolute atomic E-state index is 5.88. The molecule has 0 spiro atoms. The summed E-state index contributed by atoms with van der Waals surface area (Å²) in [5.74, 6) is 0.789.